The van der Waals surface area contributed by atoms with Crippen LogP contribution in [0.4, 0.5) is 10.8 Å². The van der Waals surface area contributed by atoms with Gasteiger partial charge in [0, 0.05) is 12.1 Å². The fraction of sp³-hybridized carbons (Fsp3) is 0.700. The topological polar surface area (TPSA) is 50.9 Å². The first-order valence-electron chi connectivity index (χ1n) is 5.21. The van der Waals surface area contributed by atoms with Gasteiger partial charge in [-0.25, -0.2) is 0 Å². The van der Waals surface area contributed by atoms with Gasteiger partial charge in [0.15, 0.2) is 0 Å². The van der Waals surface area contributed by atoms with Crippen molar-refractivity contribution in [3.63, 3.8) is 0 Å². The van der Waals surface area contributed by atoms with Gasteiger partial charge < -0.3 is 11.1 Å². The molecular formula is C10H19N3S. The minimum atomic E-state index is 0.515. The van der Waals surface area contributed by atoms with E-state index in [1.165, 1.54) is 37.2 Å². The van der Waals surface area contributed by atoms with Crippen molar-refractivity contribution in [2.24, 2.45) is 0 Å². The highest BCUT2D eigenvalue weighted by Crippen LogP contribution is 2.19. The summed E-state index contributed by atoms with van der Waals surface area (Å²) in [7, 11) is 0. The lowest BCUT2D eigenvalue weighted by Gasteiger charge is -2.12. The molecule has 1 atom stereocenters. The van der Waals surface area contributed by atoms with Crippen molar-refractivity contribution >= 4 is 22.4 Å². The lowest BCUT2D eigenvalue weighted by Crippen LogP contribution is -2.13. The first-order valence-corrected chi connectivity index (χ1v) is 5.98. The molecule has 0 aliphatic rings. The highest BCUT2D eigenvalue weighted by atomic mass is 32.1. The third kappa shape index (κ3) is 3.96. The fourth-order valence-electron chi connectivity index (χ4n) is 1.37. The van der Waals surface area contributed by atoms with Crippen LogP contribution in [0.15, 0.2) is 6.07 Å². The van der Waals surface area contributed by atoms with Gasteiger partial charge in [-0.2, -0.15) is 4.37 Å². The molecule has 1 unspecified atom stereocenters. The maximum Gasteiger partial charge on any atom is 0.139 e. The molecule has 3 nitrogen and oxygen atoms in total. The second-order valence-electron chi connectivity index (χ2n) is 3.66. The number of nitrogens with zero attached hydrogens (tertiary/aromatic N) is 1. The molecule has 0 aliphatic carbocycles. The molecule has 4 heteroatoms. The van der Waals surface area contributed by atoms with Gasteiger partial charge in [0.05, 0.1) is 0 Å². The largest absolute Gasteiger partial charge is 0.383 e. The summed E-state index contributed by atoms with van der Waals surface area (Å²) in [6.45, 7) is 4.42. The van der Waals surface area contributed by atoms with Gasteiger partial charge in [0.2, 0.25) is 0 Å². The van der Waals surface area contributed by atoms with Crippen molar-refractivity contribution in [2.45, 2.75) is 45.6 Å². The van der Waals surface area contributed by atoms with Gasteiger partial charge in [-0.1, -0.05) is 26.2 Å². The molecule has 0 radical (unpaired) electrons. The minimum Gasteiger partial charge on any atom is -0.383 e. The van der Waals surface area contributed by atoms with E-state index in [1.807, 2.05) is 6.07 Å². The van der Waals surface area contributed by atoms with E-state index in [0.717, 1.165) is 5.00 Å². The Morgan fingerprint density at radius 3 is 2.93 bits per heavy atom. The van der Waals surface area contributed by atoms with Crippen LogP contribution in [0.25, 0.3) is 0 Å². The van der Waals surface area contributed by atoms with Crippen LogP contribution >= 0.6 is 11.5 Å². The average molecular weight is 213 g/mol. The maximum absolute atomic E-state index is 5.54. The molecule has 0 bridgehead atoms. The summed E-state index contributed by atoms with van der Waals surface area (Å²) in [4.78, 5) is 0. The van der Waals surface area contributed by atoms with Crippen LogP contribution in [0.1, 0.15) is 39.5 Å². The third-order valence-electron chi connectivity index (χ3n) is 2.16. The van der Waals surface area contributed by atoms with E-state index in [2.05, 4.69) is 23.5 Å². The Bertz CT molecular complexity index is 260. The molecule has 1 aromatic heterocycles. The van der Waals surface area contributed by atoms with Crippen LogP contribution < -0.4 is 11.1 Å². The number of anilines is 2. The van der Waals surface area contributed by atoms with Gasteiger partial charge >= 0.3 is 0 Å². The molecule has 0 aromatic carbocycles. The van der Waals surface area contributed by atoms with E-state index >= 15 is 0 Å². The van der Waals surface area contributed by atoms with Crippen molar-refractivity contribution in [3.8, 4) is 0 Å². The van der Waals surface area contributed by atoms with Gasteiger partial charge in [-0.15, -0.1) is 0 Å². The second-order valence-corrected chi connectivity index (χ2v) is 4.46. The van der Waals surface area contributed by atoms with E-state index in [1.54, 1.807) is 0 Å². The first kappa shape index (κ1) is 11.3. The number of aromatic nitrogens is 1. The van der Waals surface area contributed by atoms with E-state index < -0.39 is 0 Å². The Kier molecular flexibility index (Phi) is 4.73. The highest BCUT2D eigenvalue weighted by molar-refractivity contribution is 7.10. The molecule has 1 aromatic rings. The van der Waals surface area contributed by atoms with Crippen molar-refractivity contribution < 1.29 is 0 Å². The number of nitrogens with one attached hydrogen (secondary N) is 1. The zero-order valence-corrected chi connectivity index (χ0v) is 9.73. The molecule has 14 heavy (non-hydrogen) atoms. The van der Waals surface area contributed by atoms with Gasteiger partial charge in [-0.3, -0.25) is 0 Å². The van der Waals surface area contributed by atoms with Gasteiger partial charge in [0.1, 0.15) is 10.8 Å². The summed E-state index contributed by atoms with van der Waals surface area (Å²) < 4.78 is 4.02. The third-order valence-corrected chi connectivity index (χ3v) is 2.89. The van der Waals surface area contributed by atoms with Gasteiger partial charge in [0.25, 0.3) is 0 Å². The van der Waals surface area contributed by atoms with E-state index in [4.69, 9.17) is 5.73 Å². The Hall–Kier alpha value is -0.770. The summed E-state index contributed by atoms with van der Waals surface area (Å²) in [5.74, 6) is 0.609. The number of nitrogen functional groups attached to an aromatic ring is 1. The van der Waals surface area contributed by atoms with Crippen LogP contribution in [0.3, 0.4) is 0 Å². The van der Waals surface area contributed by atoms with Crippen LogP contribution in [0, 0.1) is 0 Å². The van der Waals surface area contributed by atoms with Crippen molar-refractivity contribution in [2.75, 3.05) is 11.1 Å². The molecule has 1 heterocycles. The molecule has 0 aliphatic heterocycles. The number of unbranched alkanes of at least 4 members (excludes halogenated alkanes) is 2. The predicted molar refractivity (Wildman–Crippen MR) is 63.8 cm³/mol. The first-order chi connectivity index (χ1) is 6.72. The highest BCUT2D eigenvalue weighted by Gasteiger charge is 2.03. The molecule has 0 saturated heterocycles. The lowest BCUT2D eigenvalue weighted by atomic mass is 10.1. The summed E-state index contributed by atoms with van der Waals surface area (Å²) >= 11 is 1.43. The van der Waals surface area contributed by atoms with Crippen LogP contribution in [0.2, 0.25) is 0 Å². The quantitative estimate of drug-likeness (QED) is 0.714. The summed E-state index contributed by atoms with van der Waals surface area (Å²) in [6, 6.07) is 2.41. The molecular weight excluding hydrogens is 194 g/mol. The summed E-state index contributed by atoms with van der Waals surface area (Å²) in [6.07, 6.45) is 5.10. The predicted octanol–water partition coefficient (Wildman–Crippen LogP) is 3.11. The maximum atomic E-state index is 5.54. The van der Waals surface area contributed by atoms with E-state index in [9.17, 15) is 0 Å². The SMILES string of the molecule is CCCCCC(C)Nc1cc(N)ns1. The Morgan fingerprint density at radius 2 is 2.36 bits per heavy atom. The molecule has 3 N–H and O–H groups in total. The summed E-state index contributed by atoms with van der Waals surface area (Å²) in [5.41, 5.74) is 5.54. The molecule has 1 rings (SSSR count). The van der Waals surface area contributed by atoms with Crippen molar-refractivity contribution in [1.29, 1.82) is 0 Å². The summed E-state index contributed by atoms with van der Waals surface area (Å²) in [5, 5.41) is 4.47. The van der Waals surface area contributed by atoms with Crippen LogP contribution in [-0.2, 0) is 0 Å². The molecule has 0 amide bonds. The molecule has 0 spiro atoms. The Labute approximate surface area is 89.9 Å². The molecule has 0 fully saturated rings. The number of rotatable bonds is 6. The number of hydrogen-bond donors (Lipinski definition) is 2. The normalized spacial score (nSPS) is 12.7. The number of nitrogens with two attached hydrogens (primary N) is 1. The lowest BCUT2D eigenvalue weighted by molar-refractivity contribution is 0.616. The average Bonchev–Trinajstić information content (AvgIpc) is 2.52. The fourth-order valence-corrected chi connectivity index (χ4v) is 2.06. The Balaban J connectivity index is 2.23. The standard InChI is InChI=1S/C10H19N3S/c1-3-4-5-6-8(2)12-10-7-9(11)13-14-10/h7-8,12H,3-6H2,1-2H3,(H2,11,13). The number of hydrogen-bond acceptors (Lipinski definition) is 4. The van der Waals surface area contributed by atoms with Gasteiger partial charge in [-0.05, 0) is 24.9 Å². The second kappa shape index (κ2) is 5.86. The van der Waals surface area contributed by atoms with Crippen molar-refractivity contribution in [3.05, 3.63) is 6.07 Å². The van der Waals surface area contributed by atoms with E-state index in [-0.39, 0.29) is 0 Å². The van der Waals surface area contributed by atoms with Crippen molar-refractivity contribution in [1.82, 2.24) is 4.37 Å². The zero-order chi connectivity index (χ0) is 10.4. The molecule has 0 saturated carbocycles. The Morgan fingerprint density at radius 1 is 1.57 bits per heavy atom. The monoisotopic (exact) mass is 213 g/mol. The van der Waals surface area contributed by atoms with Crippen LogP contribution in [-0.4, -0.2) is 10.4 Å². The van der Waals surface area contributed by atoms with Crippen LogP contribution in [0.5, 0.6) is 0 Å². The minimum absolute atomic E-state index is 0.515. The zero-order valence-electron chi connectivity index (χ0n) is 8.92. The van der Waals surface area contributed by atoms with E-state index in [0.29, 0.717) is 11.9 Å². The smallest absolute Gasteiger partial charge is 0.139 e. The molecule has 80 valence electrons.